The minimum absolute atomic E-state index is 0.128. The summed E-state index contributed by atoms with van der Waals surface area (Å²) < 4.78 is 0. The van der Waals surface area contributed by atoms with Crippen LogP contribution in [0.3, 0.4) is 0 Å². The second-order valence-corrected chi connectivity index (χ2v) is 8.94. The highest BCUT2D eigenvalue weighted by Crippen LogP contribution is 2.19. The molecule has 0 bridgehead atoms. The standard InChI is InChI=1S/C24H39N5O5S/c1-3-15(2)21(29-22(31)17(26)14-35)23(32)28-19(16-9-5-4-6-10-16)13-20(30)27-18(24(33)34)11-7-8-12-25/h4-6,9-10,15,17-19,21,35H,3,7-8,11-14,25-26H2,1-2H3,(H,27,30)(H,28,32)(H,29,31)(H,33,34)/t15?,17-,18-,19?,21-/m0/s1. The molecule has 1 aromatic rings. The Morgan fingerprint density at radius 2 is 1.69 bits per heavy atom. The van der Waals surface area contributed by atoms with Crippen molar-refractivity contribution in [3.63, 3.8) is 0 Å². The van der Waals surface area contributed by atoms with Crippen LogP contribution in [0.5, 0.6) is 0 Å². The fraction of sp³-hybridized carbons (Fsp3) is 0.583. The highest BCUT2D eigenvalue weighted by molar-refractivity contribution is 7.80. The number of nitrogens with one attached hydrogen (secondary N) is 3. The van der Waals surface area contributed by atoms with Crippen molar-refractivity contribution in [1.82, 2.24) is 16.0 Å². The first-order valence-electron chi connectivity index (χ1n) is 11.9. The molecule has 1 aromatic carbocycles. The van der Waals surface area contributed by atoms with Gasteiger partial charge in [0.1, 0.15) is 12.1 Å². The topological polar surface area (TPSA) is 177 Å². The number of thiol groups is 1. The summed E-state index contributed by atoms with van der Waals surface area (Å²) in [6, 6.07) is 5.39. The lowest BCUT2D eigenvalue weighted by Crippen LogP contribution is -2.55. The van der Waals surface area contributed by atoms with Crippen molar-refractivity contribution in [2.24, 2.45) is 17.4 Å². The largest absolute Gasteiger partial charge is 0.480 e. The van der Waals surface area contributed by atoms with Crippen LogP contribution in [0.1, 0.15) is 57.6 Å². The number of hydrogen-bond donors (Lipinski definition) is 7. The minimum Gasteiger partial charge on any atom is -0.480 e. The van der Waals surface area contributed by atoms with Gasteiger partial charge in [-0.1, -0.05) is 50.6 Å². The number of carbonyl (C=O) groups is 4. The van der Waals surface area contributed by atoms with E-state index in [4.69, 9.17) is 11.5 Å². The number of rotatable bonds is 16. The molecule has 0 aliphatic rings. The number of unbranched alkanes of at least 4 members (excludes halogenated alkanes) is 1. The number of nitrogens with two attached hydrogens (primary N) is 2. The van der Waals surface area contributed by atoms with E-state index in [2.05, 4.69) is 28.6 Å². The molecule has 0 fully saturated rings. The number of hydrogen-bond acceptors (Lipinski definition) is 7. The highest BCUT2D eigenvalue weighted by Gasteiger charge is 2.30. The molecular weight excluding hydrogens is 470 g/mol. The molecule has 0 aromatic heterocycles. The molecule has 35 heavy (non-hydrogen) atoms. The quantitative estimate of drug-likeness (QED) is 0.127. The Morgan fingerprint density at radius 1 is 1.03 bits per heavy atom. The lowest BCUT2D eigenvalue weighted by Gasteiger charge is -2.28. The second kappa shape index (κ2) is 16.1. The molecule has 0 saturated carbocycles. The summed E-state index contributed by atoms with van der Waals surface area (Å²) in [5.41, 5.74) is 11.9. The monoisotopic (exact) mass is 509 g/mol. The molecule has 3 amide bonds. The van der Waals surface area contributed by atoms with E-state index in [0.717, 1.165) is 0 Å². The number of aliphatic carboxylic acids is 1. The summed E-state index contributed by atoms with van der Waals surface area (Å²) in [7, 11) is 0. The van der Waals surface area contributed by atoms with Crippen molar-refractivity contribution in [2.75, 3.05) is 12.3 Å². The van der Waals surface area contributed by atoms with Gasteiger partial charge in [-0.3, -0.25) is 14.4 Å². The van der Waals surface area contributed by atoms with Crippen LogP contribution in [0, 0.1) is 5.92 Å². The van der Waals surface area contributed by atoms with Gasteiger partial charge < -0.3 is 32.5 Å². The third kappa shape index (κ3) is 10.7. The molecule has 2 unspecified atom stereocenters. The number of benzene rings is 1. The molecule has 0 spiro atoms. The summed E-state index contributed by atoms with van der Waals surface area (Å²) in [5, 5.41) is 17.5. The first kappa shape index (κ1) is 30.4. The van der Waals surface area contributed by atoms with Crippen LogP contribution in [-0.4, -0.2) is 59.2 Å². The van der Waals surface area contributed by atoms with Gasteiger partial charge in [-0.2, -0.15) is 12.6 Å². The average molecular weight is 510 g/mol. The Hall–Kier alpha value is -2.63. The Labute approximate surface area is 212 Å². The fourth-order valence-corrected chi connectivity index (χ4v) is 3.60. The average Bonchev–Trinajstić information content (AvgIpc) is 2.85. The Bertz CT molecular complexity index is 826. The lowest BCUT2D eigenvalue weighted by atomic mass is 9.96. The lowest BCUT2D eigenvalue weighted by molar-refractivity contribution is -0.142. The Balaban J connectivity index is 3.03. The van der Waals surface area contributed by atoms with E-state index in [1.807, 2.05) is 13.8 Å². The van der Waals surface area contributed by atoms with Crippen molar-refractivity contribution in [2.45, 2.75) is 70.1 Å². The molecule has 0 heterocycles. The van der Waals surface area contributed by atoms with Gasteiger partial charge in [0.15, 0.2) is 0 Å². The molecule has 1 rings (SSSR count). The number of amides is 3. The van der Waals surface area contributed by atoms with E-state index in [-0.39, 0.29) is 24.5 Å². The third-order valence-electron chi connectivity index (χ3n) is 5.81. The van der Waals surface area contributed by atoms with E-state index in [1.165, 1.54) is 0 Å². The van der Waals surface area contributed by atoms with Crippen LogP contribution in [-0.2, 0) is 19.2 Å². The van der Waals surface area contributed by atoms with Crippen LogP contribution in [0.2, 0.25) is 0 Å². The first-order chi connectivity index (χ1) is 16.6. The van der Waals surface area contributed by atoms with Crippen molar-refractivity contribution >= 4 is 36.3 Å². The highest BCUT2D eigenvalue weighted by atomic mass is 32.1. The zero-order valence-corrected chi connectivity index (χ0v) is 21.3. The summed E-state index contributed by atoms with van der Waals surface area (Å²) >= 11 is 4.03. The number of carbonyl (C=O) groups excluding carboxylic acids is 3. The van der Waals surface area contributed by atoms with Crippen molar-refractivity contribution in [1.29, 1.82) is 0 Å². The number of carboxylic acids is 1. The van der Waals surface area contributed by atoms with Gasteiger partial charge in [-0.25, -0.2) is 4.79 Å². The fourth-order valence-electron chi connectivity index (χ4n) is 3.43. The van der Waals surface area contributed by atoms with E-state index in [0.29, 0.717) is 31.4 Å². The minimum atomic E-state index is -1.13. The third-order valence-corrected chi connectivity index (χ3v) is 6.21. The second-order valence-electron chi connectivity index (χ2n) is 8.58. The van der Waals surface area contributed by atoms with E-state index >= 15 is 0 Å². The summed E-state index contributed by atoms with van der Waals surface area (Å²) in [4.78, 5) is 49.9. The SMILES string of the molecule is CCC(C)[C@H](NC(=O)[C@@H](N)CS)C(=O)NC(CC(=O)N[C@@H](CCCCN)C(=O)O)c1ccccc1. The maximum absolute atomic E-state index is 13.2. The zero-order valence-electron chi connectivity index (χ0n) is 20.4. The Kier molecular flexibility index (Phi) is 14.0. The predicted octanol–water partition coefficient (Wildman–Crippen LogP) is 0.720. The van der Waals surface area contributed by atoms with Gasteiger partial charge in [0.2, 0.25) is 17.7 Å². The molecule has 5 atom stereocenters. The molecule has 11 heteroatoms. The van der Waals surface area contributed by atoms with Gasteiger partial charge >= 0.3 is 5.97 Å². The van der Waals surface area contributed by atoms with Gasteiger partial charge in [0, 0.05) is 5.75 Å². The van der Waals surface area contributed by atoms with Crippen LogP contribution in [0.4, 0.5) is 0 Å². The van der Waals surface area contributed by atoms with Crippen LogP contribution < -0.4 is 27.4 Å². The first-order valence-corrected chi connectivity index (χ1v) is 12.5. The number of carboxylic acid groups (broad SMARTS) is 1. The molecule has 0 aliphatic heterocycles. The smallest absolute Gasteiger partial charge is 0.326 e. The van der Waals surface area contributed by atoms with Gasteiger partial charge in [-0.15, -0.1) is 0 Å². The molecule has 0 saturated heterocycles. The molecule has 196 valence electrons. The summed E-state index contributed by atoms with van der Waals surface area (Å²) in [6.07, 6.45) is 1.93. The summed E-state index contributed by atoms with van der Waals surface area (Å²) in [6.45, 7) is 4.17. The molecular formula is C24H39N5O5S. The molecule has 10 nitrogen and oxygen atoms in total. The van der Waals surface area contributed by atoms with Crippen LogP contribution >= 0.6 is 12.6 Å². The van der Waals surface area contributed by atoms with E-state index in [1.54, 1.807) is 30.3 Å². The molecule has 8 N–H and O–H groups in total. The van der Waals surface area contributed by atoms with Gasteiger partial charge in [0.25, 0.3) is 0 Å². The van der Waals surface area contributed by atoms with Crippen LogP contribution in [0.25, 0.3) is 0 Å². The predicted molar refractivity (Wildman–Crippen MR) is 138 cm³/mol. The normalized spacial score (nSPS) is 15.2. The molecule has 0 radical (unpaired) electrons. The van der Waals surface area contributed by atoms with Crippen molar-refractivity contribution in [3.05, 3.63) is 35.9 Å². The van der Waals surface area contributed by atoms with E-state index in [9.17, 15) is 24.3 Å². The summed E-state index contributed by atoms with van der Waals surface area (Å²) in [5.74, 6) is -2.66. The van der Waals surface area contributed by atoms with Gasteiger partial charge in [-0.05, 0) is 37.3 Å². The molecule has 0 aliphatic carbocycles. The maximum atomic E-state index is 13.2. The van der Waals surface area contributed by atoms with E-state index < -0.39 is 47.9 Å². The maximum Gasteiger partial charge on any atom is 0.326 e. The van der Waals surface area contributed by atoms with Crippen LogP contribution in [0.15, 0.2) is 30.3 Å². The Morgan fingerprint density at radius 3 is 2.23 bits per heavy atom. The zero-order chi connectivity index (χ0) is 26.4. The van der Waals surface area contributed by atoms with Crippen molar-refractivity contribution < 1.29 is 24.3 Å². The van der Waals surface area contributed by atoms with Gasteiger partial charge in [0.05, 0.1) is 18.5 Å². The van der Waals surface area contributed by atoms with Crippen molar-refractivity contribution in [3.8, 4) is 0 Å².